The molecule has 73 heavy (non-hydrogen) atoms. The molecule has 4 heterocycles. The van der Waals surface area contributed by atoms with Crippen LogP contribution >= 0.6 is 23.5 Å². The maximum Gasteiger partial charge on any atom is 2.00 e. The van der Waals surface area contributed by atoms with E-state index < -0.39 is 148 Å². The minimum absolute atomic E-state index is 0. The Labute approximate surface area is 438 Å². The fourth-order valence-electron chi connectivity index (χ4n) is 8.28. The molecule has 4 saturated heterocycles. The normalized spacial score (nSPS) is 37.1. The van der Waals surface area contributed by atoms with E-state index in [1.165, 1.54) is 24.6 Å². The smallest absolute Gasteiger partial charge is 0.872 e. The zero-order valence-electron chi connectivity index (χ0n) is 38.7. The van der Waals surface area contributed by atoms with Gasteiger partial charge in [-0.3, -0.25) is 9.98 Å². The molecule has 4 fully saturated rings. The summed E-state index contributed by atoms with van der Waals surface area (Å²) in [5.41, 5.74) is 0.00658. The molecule has 0 unspecified atom stereocenters. The standard InChI is InChI=1S/C46H60N2O22S2.Zn/c49-13-27-31(55)33(57)37(61)43(65-27)69-41-29(15-51)67-45(39(63)35(41)59)71-17-19-5-7-25(53)21(9-19)11-47-23-3-1-2-4-24(23)48-12-22-10-20(6-8-26(22)54)18-72-46-40(64)36(60)42(30(16-52)68-46)70-44-38(62)34(58)32(56)28(14-50)66-44;/h1-12,27-46,49-64H,13-18H2;/q;+2/p-2/t27-,28-,29-,30-,31-,32-,33+,34+,35-,36-,37-,38-,39-,40-,41-,42-,43-,44-,45+,46+;/m1./s1. The molecule has 24 nitrogen and oxygen atoms in total. The number of nitrogens with zero attached hydrogens (tertiary/aromatic N) is 2. The zero-order chi connectivity index (χ0) is 52.0. The third-order valence-corrected chi connectivity index (χ3v) is 14.9. The molecule has 3 aromatic rings. The van der Waals surface area contributed by atoms with Crippen LogP contribution in [0.2, 0.25) is 0 Å². The number of para-hydroxylation sites is 2. The summed E-state index contributed by atoms with van der Waals surface area (Å²) in [5.74, 6) is -0.451. The van der Waals surface area contributed by atoms with E-state index in [0.717, 1.165) is 23.5 Å². The molecule has 0 spiro atoms. The summed E-state index contributed by atoms with van der Waals surface area (Å²) in [5, 5.41) is 170. The van der Waals surface area contributed by atoms with Crippen molar-refractivity contribution in [2.45, 2.75) is 133 Å². The van der Waals surface area contributed by atoms with Crippen molar-refractivity contribution in [3.8, 4) is 11.5 Å². The summed E-state index contributed by atoms with van der Waals surface area (Å²) in [6.07, 6.45) is -25.8. The third-order valence-electron chi connectivity index (χ3n) is 12.5. The minimum atomic E-state index is -1.81. The average Bonchev–Trinajstić information content (AvgIpc) is 3.38. The number of rotatable bonds is 18. The Balaban J connectivity index is 0.00000869. The minimum Gasteiger partial charge on any atom is -0.872 e. The Hall–Kier alpha value is -2.88. The van der Waals surface area contributed by atoms with E-state index in [0.29, 0.717) is 22.5 Å². The molecule has 0 amide bonds. The third kappa shape index (κ3) is 13.8. The van der Waals surface area contributed by atoms with Crippen LogP contribution < -0.4 is 10.2 Å². The first-order valence-corrected chi connectivity index (χ1v) is 24.7. The first-order chi connectivity index (χ1) is 34.5. The van der Waals surface area contributed by atoms with Crippen LogP contribution in [-0.4, -0.2) is 231 Å². The second-order valence-corrected chi connectivity index (χ2v) is 19.6. The van der Waals surface area contributed by atoms with Gasteiger partial charge in [0.1, 0.15) is 109 Å². The second kappa shape index (κ2) is 26.9. The van der Waals surface area contributed by atoms with Gasteiger partial charge in [-0.2, -0.15) is 0 Å². The van der Waals surface area contributed by atoms with E-state index in [1.54, 1.807) is 48.5 Å². The first kappa shape index (κ1) is 59.4. The molecule has 7 rings (SSSR count). The summed E-state index contributed by atoms with van der Waals surface area (Å²) in [6.45, 7) is -2.86. The summed E-state index contributed by atoms with van der Waals surface area (Å²) in [4.78, 5) is 8.99. The van der Waals surface area contributed by atoms with Crippen molar-refractivity contribution in [1.82, 2.24) is 0 Å². The predicted molar refractivity (Wildman–Crippen MR) is 248 cm³/mol. The Bertz CT molecular complexity index is 2130. The van der Waals surface area contributed by atoms with Crippen LogP contribution in [0.4, 0.5) is 11.4 Å². The largest absolute Gasteiger partial charge is 2.00 e. The molecule has 0 saturated carbocycles. The molecule has 0 aromatic heterocycles. The maximum absolute atomic E-state index is 12.9. The van der Waals surface area contributed by atoms with Crippen molar-refractivity contribution < 1.29 is 130 Å². The maximum atomic E-state index is 12.9. The molecule has 3 aromatic carbocycles. The predicted octanol–water partition coefficient (Wildman–Crippen LogP) is -4.95. The summed E-state index contributed by atoms with van der Waals surface area (Å²) >= 11 is 2.08. The van der Waals surface area contributed by atoms with E-state index in [9.17, 15) is 81.7 Å². The van der Waals surface area contributed by atoms with Gasteiger partial charge in [0.05, 0.1) is 37.8 Å². The van der Waals surface area contributed by atoms with Gasteiger partial charge in [-0.1, -0.05) is 36.4 Å². The van der Waals surface area contributed by atoms with Crippen molar-refractivity contribution in [2.24, 2.45) is 9.98 Å². The van der Waals surface area contributed by atoms with Gasteiger partial charge < -0.3 is 110 Å². The number of benzene rings is 3. The van der Waals surface area contributed by atoms with E-state index in [2.05, 4.69) is 9.98 Å². The molecule has 4 aliphatic rings. The van der Waals surface area contributed by atoms with Gasteiger partial charge in [0.15, 0.2) is 12.6 Å². The van der Waals surface area contributed by atoms with Gasteiger partial charge in [-0.25, -0.2) is 0 Å². The van der Waals surface area contributed by atoms with Crippen LogP contribution in [0.15, 0.2) is 70.6 Å². The van der Waals surface area contributed by atoms with E-state index in [4.69, 9.17) is 28.4 Å². The van der Waals surface area contributed by atoms with Crippen molar-refractivity contribution in [1.29, 1.82) is 0 Å². The second-order valence-electron chi connectivity index (χ2n) is 17.4. The zero-order valence-corrected chi connectivity index (χ0v) is 43.3. The van der Waals surface area contributed by atoms with Crippen LogP contribution in [-0.2, 0) is 59.4 Å². The summed E-state index contributed by atoms with van der Waals surface area (Å²) in [7, 11) is 0. The molecular weight excluding hydrogens is 1060 g/mol. The molecule has 0 aliphatic carbocycles. The number of hydrogen-bond donors (Lipinski definition) is 14. The van der Waals surface area contributed by atoms with Crippen LogP contribution in [0, 0.1) is 0 Å². The van der Waals surface area contributed by atoms with E-state index in [-0.39, 0.29) is 53.6 Å². The molecule has 0 radical (unpaired) electrons. The van der Waals surface area contributed by atoms with Gasteiger partial charge in [0.25, 0.3) is 0 Å². The fraction of sp³-hybridized carbons (Fsp3) is 0.565. The molecule has 27 heteroatoms. The summed E-state index contributed by atoms with van der Waals surface area (Å²) < 4.78 is 33.7. The van der Waals surface area contributed by atoms with Crippen molar-refractivity contribution in [3.63, 3.8) is 0 Å². The Morgan fingerprint density at radius 1 is 0.466 bits per heavy atom. The number of ether oxygens (including phenoxy) is 6. The van der Waals surface area contributed by atoms with Crippen LogP contribution in [0.3, 0.4) is 0 Å². The van der Waals surface area contributed by atoms with Crippen LogP contribution in [0.25, 0.3) is 0 Å². The number of hydrogen-bond acceptors (Lipinski definition) is 26. The number of aliphatic hydroxyl groups excluding tert-OH is 14. The quantitative estimate of drug-likeness (QED) is 0.0419. The van der Waals surface area contributed by atoms with Gasteiger partial charge in [-0.05, 0) is 46.5 Å². The fourth-order valence-corrected chi connectivity index (χ4v) is 10.5. The van der Waals surface area contributed by atoms with Crippen LogP contribution in [0.5, 0.6) is 11.5 Å². The van der Waals surface area contributed by atoms with E-state index in [1.807, 2.05) is 0 Å². The molecular formula is C46H58N2O22S2Zn. The Morgan fingerprint density at radius 2 is 0.836 bits per heavy atom. The number of thioether (sulfide) groups is 2. The summed E-state index contributed by atoms with van der Waals surface area (Å²) in [6, 6.07) is 15.6. The number of aliphatic hydroxyl groups is 14. The van der Waals surface area contributed by atoms with Crippen LogP contribution in [0.1, 0.15) is 22.3 Å². The number of aliphatic imine (C=N–C) groups is 2. The monoisotopic (exact) mass is 1120 g/mol. The molecule has 20 atom stereocenters. The van der Waals surface area contributed by atoms with Gasteiger partial charge >= 0.3 is 19.5 Å². The Morgan fingerprint density at radius 3 is 1.19 bits per heavy atom. The van der Waals surface area contributed by atoms with Crippen molar-refractivity contribution in [3.05, 3.63) is 82.9 Å². The SMILES string of the molecule is [O-]c1ccc(CS[C@@H]2O[C@H](CO)[C@@H](O[C@H]3O[C@H](CO)[C@@H](O)[C@H](O)[C@H]3O)[C@H](O)[C@H]2O)cc1C=Nc1ccccc1N=Cc1cc(CS[C@@H]2O[C@H](CO)[C@@H](O[C@H]3O[C@H](CO)[C@@H](O)[C@H](O)[C@H]3O)[C@H](O)[C@H]2O)ccc1[O-].[Zn+2]. The van der Waals surface area contributed by atoms with E-state index >= 15 is 0 Å². The molecule has 4 aliphatic heterocycles. The average molecular weight is 1120 g/mol. The van der Waals surface area contributed by atoms with Gasteiger partial charge in [0.2, 0.25) is 0 Å². The first-order valence-electron chi connectivity index (χ1n) is 22.7. The van der Waals surface area contributed by atoms with Gasteiger partial charge in [0, 0.05) is 23.9 Å². The van der Waals surface area contributed by atoms with Gasteiger partial charge in [-0.15, -0.1) is 35.0 Å². The van der Waals surface area contributed by atoms with Crippen molar-refractivity contribution >= 4 is 47.3 Å². The van der Waals surface area contributed by atoms with Crippen molar-refractivity contribution in [2.75, 3.05) is 26.4 Å². The Kier molecular flexibility index (Phi) is 21.9. The molecule has 0 bridgehead atoms. The molecule has 14 N–H and O–H groups in total. The molecule has 398 valence electrons. The topological polar surface area (TPSA) is 409 Å².